The molecule has 4 aromatic rings. The zero-order valence-corrected chi connectivity index (χ0v) is 19.8. The molecule has 3 aromatic carbocycles. The van der Waals surface area contributed by atoms with Crippen LogP contribution in [0.3, 0.4) is 0 Å². The molecule has 0 unspecified atom stereocenters. The van der Waals surface area contributed by atoms with Crippen LogP contribution in [0, 0.1) is 13.8 Å². The Bertz CT molecular complexity index is 1410. The largest absolute Gasteiger partial charge is 0.465 e. The van der Waals surface area contributed by atoms with E-state index >= 15 is 0 Å². The van der Waals surface area contributed by atoms with Crippen molar-refractivity contribution in [3.63, 3.8) is 0 Å². The molecule has 1 aliphatic heterocycles. The van der Waals surface area contributed by atoms with Crippen molar-refractivity contribution in [1.82, 2.24) is 4.98 Å². The van der Waals surface area contributed by atoms with E-state index in [2.05, 4.69) is 0 Å². The van der Waals surface area contributed by atoms with Crippen LogP contribution in [-0.4, -0.2) is 24.0 Å². The van der Waals surface area contributed by atoms with E-state index in [9.17, 15) is 9.59 Å². The molecule has 7 heteroatoms. The lowest BCUT2D eigenvalue weighted by Gasteiger charge is -2.22. The summed E-state index contributed by atoms with van der Waals surface area (Å²) >= 11 is 1.50. The van der Waals surface area contributed by atoms with E-state index in [0.717, 1.165) is 20.9 Å². The minimum absolute atomic E-state index is 0.164. The van der Waals surface area contributed by atoms with Crippen LogP contribution in [-0.2, 0) is 11.3 Å². The molecule has 1 aliphatic rings. The number of benzene rings is 3. The first-order valence-corrected chi connectivity index (χ1v) is 11.6. The maximum absolute atomic E-state index is 13.7. The predicted octanol–water partition coefficient (Wildman–Crippen LogP) is 6.06. The summed E-state index contributed by atoms with van der Waals surface area (Å²) in [6, 6.07) is 20.7. The Balaban J connectivity index is 1.59. The van der Waals surface area contributed by atoms with Gasteiger partial charge in [0.15, 0.2) is 0 Å². The maximum Gasteiger partial charge on any atom is 0.337 e. The number of fused-ring (bicyclic) bond motifs is 2. The Morgan fingerprint density at radius 3 is 2.56 bits per heavy atom. The first-order valence-electron chi connectivity index (χ1n) is 10.8. The molecule has 0 radical (unpaired) electrons. The topological polar surface area (TPSA) is 72.6 Å². The quantitative estimate of drug-likeness (QED) is 0.338. The molecule has 170 valence electrons. The summed E-state index contributed by atoms with van der Waals surface area (Å²) in [5.74, 6) is 0.525. The minimum Gasteiger partial charge on any atom is -0.465 e. The summed E-state index contributed by atoms with van der Waals surface area (Å²) in [4.78, 5) is 34.0. The maximum atomic E-state index is 13.7. The van der Waals surface area contributed by atoms with Gasteiger partial charge < -0.3 is 14.1 Å². The standard InChI is InChI=1S/C27H22N2O4S/c1-16-8-10-18(11-9-16)25-28-21(17(2)33-25)15-29-22-14-19(27(31)32-3)12-13-24(22)34-23-7-5-4-6-20(23)26(29)30/h4-14H,15H2,1-3H3. The Morgan fingerprint density at radius 1 is 1.03 bits per heavy atom. The molecule has 1 aromatic heterocycles. The van der Waals surface area contributed by atoms with Crippen molar-refractivity contribution in [2.75, 3.05) is 12.0 Å². The highest BCUT2D eigenvalue weighted by atomic mass is 32.2. The van der Waals surface area contributed by atoms with Gasteiger partial charge in [0.1, 0.15) is 11.5 Å². The van der Waals surface area contributed by atoms with Gasteiger partial charge in [-0.15, -0.1) is 0 Å². The number of ether oxygens (including phenoxy) is 1. The number of esters is 1. The zero-order valence-electron chi connectivity index (χ0n) is 19.0. The smallest absolute Gasteiger partial charge is 0.337 e. The fourth-order valence-electron chi connectivity index (χ4n) is 3.87. The van der Waals surface area contributed by atoms with Gasteiger partial charge in [-0.3, -0.25) is 4.79 Å². The van der Waals surface area contributed by atoms with E-state index in [-0.39, 0.29) is 12.5 Å². The minimum atomic E-state index is -0.457. The highest BCUT2D eigenvalue weighted by molar-refractivity contribution is 7.99. The fraction of sp³-hybridized carbons (Fsp3) is 0.148. The number of hydrogen-bond acceptors (Lipinski definition) is 6. The number of aromatic nitrogens is 1. The molecule has 0 saturated carbocycles. The molecule has 5 rings (SSSR count). The summed E-state index contributed by atoms with van der Waals surface area (Å²) in [5.41, 5.74) is 4.29. The van der Waals surface area contributed by atoms with Gasteiger partial charge in [-0.2, -0.15) is 0 Å². The first kappa shape index (κ1) is 22.0. The van der Waals surface area contributed by atoms with E-state index in [0.29, 0.717) is 34.2 Å². The third-order valence-corrected chi connectivity index (χ3v) is 6.89. The lowest BCUT2D eigenvalue weighted by atomic mass is 10.1. The number of carbonyl (C=O) groups is 2. The van der Waals surface area contributed by atoms with Crippen LogP contribution in [0.1, 0.15) is 37.7 Å². The van der Waals surface area contributed by atoms with Crippen molar-refractivity contribution in [2.24, 2.45) is 0 Å². The number of carbonyl (C=O) groups excluding carboxylic acids is 2. The van der Waals surface area contributed by atoms with Gasteiger partial charge in [-0.25, -0.2) is 9.78 Å². The molecular formula is C27H22N2O4S. The average Bonchev–Trinajstić information content (AvgIpc) is 3.17. The van der Waals surface area contributed by atoms with E-state index in [1.54, 1.807) is 17.0 Å². The van der Waals surface area contributed by atoms with Gasteiger partial charge in [0.25, 0.3) is 5.91 Å². The van der Waals surface area contributed by atoms with Crippen LogP contribution in [0.25, 0.3) is 11.5 Å². The van der Waals surface area contributed by atoms with Crippen LogP contribution in [0.15, 0.2) is 80.9 Å². The van der Waals surface area contributed by atoms with Crippen molar-refractivity contribution in [3.05, 3.63) is 94.9 Å². The molecule has 0 aliphatic carbocycles. The number of hydrogen-bond donors (Lipinski definition) is 0. The molecule has 0 saturated heterocycles. The Hall–Kier alpha value is -3.84. The first-order chi connectivity index (χ1) is 16.4. The number of oxazole rings is 1. The van der Waals surface area contributed by atoms with Crippen LogP contribution < -0.4 is 4.90 Å². The van der Waals surface area contributed by atoms with Gasteiger partial charge >= 0.3 is 5.97 Å². The van der Waals surface area contributed by atoms with Crippen molar-refractivity contribution in [1.29, 1.82) is 0 Å². The molecular weight excluding hydrogens is 448 g/mol. The Morgan fingerprint density at radius 2 is 1.79 bits per heavy atom. The molecule has 0 atom stereocenters. The summed E-state index contributed by atoms with van der Waals surface area (Å²) in [7, 11) is 1.34. The van der Waals surface area contributed by atoms with Gasteiger partial charge in [0.05, 0.1) is 30.5 Å². The normalized spacial score (nSPS) is 12.7. The van der Waals surface area contributed by atoms with E-state index < -0.39 is 5.97 Å². The summed E-state index contributed by atoms with van der Waals surface area (Å²) < 4.78 is 10.9. The SMILES string of the molecule is COC(=O)c1ccc2c(c1)N(Cc1nc(-c3ccc(C)cc3)oc1C)C(=O)c1ccccc1S2. The van der Waals surface area contributed by atoms with Crippen molar-refractivity contribution >= 4 is 29.3 Å². The lowest BCUT2D eigenvalue weighted by Crippen LogP contribution is -2.31. The molecule has 0 bridgehead atoms. The molecule has 0 fully saturated rings. The second-order valence-corrected chi connectivity index (χ2v) is 9.14. The highest BCUT2D eigenvalue weighted by Gasteiger charge is 2.29. The van der Waals surface area contributed by atoms with Crippen molar-refractivity contribution in [2.45, 2.75) is 30.2 Å². The average molecular weight is 471 g/mol. The second-order valence-electron chi connectivity index (χ2n) is 8.05. The summed E-state index contributed by atoms with van der Waals surface area (Å²) in [5, 5.41) is 0. The van der Waals surface area contributed by atoms with E-state index in [1.165, 1.54) is 18.9 Å². The number of anilines is 1. The van der Waals surface area contributed by atoms with Crippen LogP contribution in [0.4, 0.5) is 5.69 Å². The summed E-state index contributed by atoms with van der Waals surface area (Å²) in [6.07, 6.45) is 0. The van der Waals surface area contributed by atoms with Gasteiger partial charge in [-0.1, -0.05) is 41.6 Å². The number of methoxy groups -OCH3 is 1. The molecule has 2 heterocycles. The molecule has 0 spiro atoms. The molecule has 6 nitrogen and oxygen atoms in total. The summed E-state index contributed by atoms with van der Waals surface area (Å²) in [6.45, 7) is 4.07. The monoisotopic (exact) mass is 470 g/mol. The predicted molar refractivity (Wildman–Crippen MR) is 130 cm³/mol. The van der Waals surface area contributed by atoms with Crippen LogP contribution in [0.5, 0.6) is 0 Å². The Labute approximate surface area is 201 Å². The third kappa shape index (κ3) is 3.99. The number of rotatable bonds is 4. The van der Waals surface area contributed by atoms with E-state index in [4.69, 9.17) is 14.1 Å². The van der Waals surface area contributed by atoms with Gasteiger partial charge in [0, 0.05) is 15.4 Å². The zero-order chi connectivity index (χ0) is 23.8. The Kier molecular flexibility index (Phi) is 5.71. The highest BCUT2D eigenvalue weighted by Crippen LogP contribution is 2.42. The number of amides is 1. The third-order valence-electron chi connectivity index (χ3n) is 5.75. The number of aryl methyl sites for hydroxylation is 2. The second kappa shape index (κ2) is 8.83. The lowest BCUT2D eigenvalue weighted by molar-refractivity contribution is 0.0600. The molecule has 0 N–H and O–H groups in total. The van der Waals surface area contributed by atoms with Crippen LogP contribution in [0.2, 0.25) is 0 Å². The fourth-order valence-corrected chi connectivity index (χ4v) is 4.92. The molecule has 1 amide bonds. The molecule has 34 heavy (non-hydrogen) atoms. The van der Waals surface area contributed by atoms with Crippen LogP contribution >= 0.6 is 11.8 Å². The number of nitrogens with zero attached hydrogens (tertiary/aromatic N) is 2. The van der Waals surface area contributed by atoms with Crippen molar-refractivity contribution < 1.29 is 18.7 Å². The van der Waals surface area contributed by atoms with Crippen molar-refractivity contribution in [3.8, 4) is 11.5 Å². The van der Waals surface area contributed by atoms with Gasteiger partial charge in [-0.05, 0) is 56.3 Å². The van der Waals surface area contributed by atoms with E-state index in [1.807, 2.05) is 68.4 Å². The van der Waals surface area contributed by atoms with Gasteiger partial charge in [0.2, 0.25) is 5.89 Å².